The van der Waals surface area contributed by atoms with Crippen molar-refractivity contribution in [2.24, 2.45) is 5.14 Å². The summed E-state index contributed by atoms with van der Waals surface area (Å²) in [4.78, 5) is 1.89. The molecule has 0 saturated heterocycles. The predicted octanol–water partition coefficient (Wildman–Crippen LogP) is 1.42. The van der Waals surface area contributed by atoms with E-state index in [2.05, 4.69) is 5.32 Å². The quantitative estimate of drug-likeness (QED) is 0.450. The molecule has 1 aromatic heterocycles. The molecule has 2 rings (SSSR count). The van der Waals surface area contributed by atoms with Crippen LogP contribution in [0.25, 0.3) is 0 Å². The van der Waals surface area contributed by atoms with Gasteiger partial charge in [-0.15, -0.1) is 23.7 Å². The van der Waals surface area contributed by atoms with Crippen molar-refractivity contribution < 1.29 is 31.0 Å². The molecular formula is C16H30ClN3O7S3. The Bertz CT molecular complexity index is 907. The van der Waals surface area contributed by atoms with E-state index in [0.717, 1.165) is 0 Å². The van der Waals surface area contributed by atoms with E-state index < -0.39 is 31.4 Å². The molecule has 0 spiro atoms. The van der Waals surface area contributed by atoms with Gasteiger partial charge < -0.3 is 19.5 Å². The predicted molar refractivity (Wildman–Crippen MR) is 117 cm³/mol. The van der Waals surface area contributed by atoms with Crippen LogP contribution in [-0.2, 0) is 34.1 Å². The van der Waals surface area contributed by atoms with Crippen molar-refractivity contribution in [2.75, 3.05) is 32.6 Å². The van der Waals surface area contributed by atoms with Gasteiger partial charge in [-0.25, -0.2) is 22.0 Å². The lowest BCUT2D eigenvalue weighted by atomic mass is 10.2. The van der Waals surface area contributed by atoms with Crippen molar-refractivity contribution in [2.45, 2.75) is 59.6 Å². The molecule has 0 radical (unpaired) electrons. The van der Waals surface area contributed by atoms with E-state index in [1.165, 1.54) is 13.2 Å². The van der Waals surface area contributed by atoms with Crippen molar-refractivity contribution in [1.29, 1.82) is 0 Å². The molecule has 0 fully saturated rings. The lowest BCUT2D eigenvalue weighted by Crippen LogP contribution is -2.46. The maximum Gasteiger partial charge on any atom is 0.247 e. The molecule has 2 heterocycles. The number of anilines is 1. The molecule has 0 saturated carbocycles. The second-order valence-corrected chi connectivity index (χ2v) is 12.0. The second kappa shape index (κ2) is 10.9. The average molecular weight is 508 g/mol. The molecule has 30 heavy (non-hydrogen) atoms. The Morgan fingerprint density at radius 1 is 1.27 bits per heavy atom. The van der Waals surface area contributed by atoms with Gasteiger partial charge in [0.05, 0.1) is 10.9 Å². The van der Waals surface area contributed by atoms with Crippen LogP contribution in [0.5, 0.6) is 0 Å². The summed E-state index contributed by atoms with van der Waals surface area (Å²) >= 11 is 0.673. The van der Waals surface area contributed by atoms with Crippen molar-refractivity contribution >= 4 is 49.3 Å². The van der Waals surface area contributed by atoms with Crippen LogP contribution in [0, 0.1) is 0 Å². The van der Waals surface area contributed by atoms with Crippen LogP contribution < -0.4 is 10.5 Å². The maximum atomic E-state index is 13.0. The summed E-state index contributed by atoms with van der Waals surface area (Å²) in [5.74, 6) is 0. The van der Waals surface area contributed by atoms with E-state index in [1.807, 2.05) is 18.7 Å². The number of hydrogen-bond acceptors (Lipinski definition) is 10. The summed E-state index contributed by atoms with van der Waals surface area (Å²) in [6, 6.07) is 1.27. The van der Waals surface area contributed by atoms with Crippen molar-refractivity contribution in [3.05, 3.63) is 6.07 Å². The fraction of sp³-hybridized carbons (Fsp3) is 0.750. The zero-order valence-electron chi connectivity index (χ0n) is 17.5. The van der Waals surface area contributed by atoms with Gasteiger partial charge in [0.1, 0.15) is 20.9 Å². The molecule has 0 bridgehead atoms. The maximum absolute atomic E-state index is 13.0. The van der Waals surface area contributed by atoms with Gasteiger partial charge in [-0.05, 0) is 33.3 Å². The molecule has 1 aliphatic rings. The number of nitrogens with one attached hydrogen (secondary N) is 1. The Kier molecular flexibility index (Phi) is 9.98. The number of fused-ring (bicyclic) bond motifs is 1. The minimum absolute atomic E-state index is 0. The Balaban J connectivity index is 0.00000450. The van der Waals surface area contributed by atoms with Gasteiger partial charge in [0.25, 0.3) is 0 Å². The van der Waals surface area contributed by atoms with Gasteiger partial charge in [0.2, 0.25) is 10.0 Å². The monoisotopic (exact) mass is 507 g/mol. The molecule has 1 aromatic rings. The summed E-state index contributed by atoms with van der Waals surface area (Å²) in [6.07, 6.45) is -0.799. The van der Waals surface area contributed by atoms with Gasteiger partial charge in [-0.1, -0.05) is 0 Å². The van der Waals surface area contributed by atoms with Gasteiger partial charge >= 0.3 is 0 Å². The fourth-order valence-electron chi connectivity index (χ4n) is 3.07. The zero-order chi connectivity index (χ0) is 22.0. The number of methoxy groups -OCH3 is 2. The Hall–Kier alpha value is -0.510. The van der Waals surface area contributed by atoms with Crippen LogP contribution in [-0.4, -0.2) is 73.0 Å². The van der Waals surface area contributed by atoms with Gasteiger partial charge in [0.15, 0.2) is 16.1 Å². The van der Waals surface area contributed by atoms with Crippen LogP contribution >= 0.6 is 23.7 Å². The third kappa shape index (κ3) is 6.26. The lowest BCUT2D eigenvalue weighted by molar-refractivity contribution is -0.207. The molecule has 4 atom stereocenters. The molecule has 14 heteroatoms. The number of sulfonamides is 1. The molecule has 3 N–H and O–H groups in total. The summed E-state index contributed by atoms with van der Waals surface area (Å²) < 4.78 is 65.3. The zero-order valence-corrected chi connectivity index (χ0v) is 20.8. The number of ether oxygens (including phenoxy) is 3. The van der Waals surface area contributed by atoms with Crippen LogP contribution in [0.3, 0.4) is 0 Å². The first kappa shape index (κ1) is 27.5. The normalized spacial score (nSPS) is 21.2. The Labute approximate surface area is 188 Å². The van der Waals surface area contributed by atoms with E-state index in [1.54, 1.807) is 14.0 Å². The molecule has 0 aliphatic carbocycles. The molecule has 1 aliphatic heterocycles. The Morgan fingerprint density at radius 2 is 1.90 bits per heavy atom. The van der Waals surface area contributed by atoms with Gasteiger partial charge in [0, 0.05) is 27.3 Å². The molecule has 10 nitrogen and oxygen atoms in total. The fourth-order valence-corrected chi connectivity index (χ4v) is 7.42. The van der Waals surface area contributed by atoms with Gasteiger partial charge in [-0.3, -0.25) is 4.90 Å². The van der Waals surface area contributed by atoms with Crippen molar-refractivity contribution in [1.82, 2.24) is 4.90 Å². The first-order chi connectivity index (χ1) is 13.4. The third-order valence-electron chi connectivity index (χ3n) is 4.88. The minimum Gasteiger partial charge on any atom is -0.382 e. The smallest absolute Gasteiger partial charge is 0.247 e. The first-order valence-electron chi connectivity index (χ1n) is 9.03. The van der Waals surface area contributed by atoms with Crippen molar-refractivity contribution in [3.63, 3.8) is 0 Å². The summed E-state index contributed by atoms with van der Waals surface area (Å²) in [6.45, 7) is 6.02. The number of rotatable bonds is 10. The molecule has 176 valence electrons. The highest BCUT2D eigenvalue weighted by molar-refractivity contribution is 7.95. The number of nitrogens with two attached hydrogens (primary N) is 1. The molecular weight excluding hydrogens is 478 g/mol. The highest BCUT2D eigenvalue weighted by Crippen LogP contribution is 2.39. The lowest BCUT2D eigenvalue weighted by Gasteiger charge is -2.35. The second-order valence-electron chi connectivity index (χ2n) is 6.76. The molecule has 0 aromatic carbocycles. The summed E-state index contributed by atoms with van der Waals surface area (Å²) in [7, 11) is -4.57. The van der Waals surface area contributed by atoms with Crippen LogP contribution in [0.4, 0.5) is 5.69 Å². The number of thiophene rings is 1. The third-order valence-corrected chi connectivity index (χ3v) is 10.2. The number of sulfone groups is 1. The topological polar surface area (TPSA) is 137 Å². The minimum atomic E-state index is -3.97. The standard InChI is InChI=1S/C16H29N3O7S3.ClH/c1-10(24-4)19(11(2)26-12(3)25-5)7-6-13-9-18-14-8-15(29(17,22)23)27-16(14)28(13,20)21;/h8,10-13,18H,6-7,9H2,1-5H3,(H2,17,22,23);1H. The average Bonchev–Trinajstić information content (AvgIpc) is 3.09. The first-order valence-corrected chi connectivity index (χ1v) is 12.9. The summed E-state index contributed by atoms with van der Waals surface area (Å²) in [5, 5.41) is 7.43. The van der Waals surface area contributed by atoms with Crippen molar-refractivity contribution in [3.8, 4) is 0 Å². The van der Waals surface area contributed by atoms with E-state index >= 15 is 0 Å². The number of nitrogens with zero attached hydrogens (tertiary/aromatic N) is 1. The highest BCUT2D eigenvalue weighted by atomic mass is 35.5. The van der Waals surface area contributed by atoms with E-state index in [-0.39, 0.29) is 45.5 Å². The number of halogens is 1. The Morgan fingerprint density at radius 3 is 2.43 bits per heavy atom. The number of primary sulfonamides is 1. The van der Waals surface area contributed by atoms with Crippen LogP contribution in [0.1, 0.15) is 27.2 Å². The largest absolute Gasteiger partial charge is 0.382 e. The van der Waals surface area contributed by atoms with E-state index in [0.29, 0.717) is 24.3 Å². The van der Waals surface area contributed by atoms with E-state index in [4.69, 9.17) is 19.3 Å². The highest BCUT2D eigenvalue weighted by Gasteiger charge is 2.37. The van der Waals surface area contributed by atoms with Crippen LogP contribution in [0.2, 0.25) is 0 Å². The van der Waals surface area contributed by atoms with Crippen LogP contribution in [0.15, 0.2) is 14.5 Å². The van der Waals surface area contributed by atoms with E-state index in [9.17, 15) is 16.8 Å². The molecule has 0 amide bonds. The molecule has 4 unspecified atom stereocenters. The number of hydrogen-bond donors (Lipinski definition) is 2. The summed E-state index contributed by atoms with van der Waals surface area (Å²) in [5.41, 5.74) is 0.281. The SMILES string of the molecule is COC(C)OC(C)N(CCC1CNc2cc(S(N)(=O)=O)sc2S1(=O)=O)C(C)OC.Cl. The van der Waals surface area contributed by atoms with Gasteiger partial charge in [-0.2, -0.15) is 0 Å².